The summed E-state index contributed by atoms with van der Waals surface area (Å²) < 4.78 is 0. The summed E-state index contributed by atoms with van der Waals surface area (Å²) in [5.41, 5.74) is 6.97. The normalized spacial score (nSPS) is 12.4. The number of aromatic nitrogens is 1. The van der Waals surface area contributed by atoms with Gasteiger partial charge in [0.05, 0.1) is 16.2 Å². The van der Waals surface area contributed by atoms with Crippen LogP contribution in [0.25, 0.3) is 10.9 Å². The third kappa shape index (κ3) is 2.78. The molecule has 1 heterocycles. The summed E-state index contributed by atoms with van der Waals surface area (Å²) in [6.07, 6.45) is 1.95. The molecular weight excluding hydrogens is 250 g/mol. The quantitative estimate of drug-likeness (QED) is 0.894. The van der Waals surface area contributed by atoms with E-state index in [9.17, 15) is 4.79 Å². The van der Waals surface area contributed by atoms with Crippen molar-refractivity contribution in [3.8, 4) is 0 Å². The minimum atomic E-state index is -0.165. The van der Waals surface area contributed by atoms with Crippen molar-refractivity contribution in [2.45, 2.75) is 19.4 Å². The molecule has 1 aromatic carbocycles. The molecule has 5 heteroatoms. The van der Waals surface area contributed by atoms with Gasteiger partial charge in [-0.3, -0.25) is 9.78 Å². The number of anilines is 1. The number of nitrogens with one attached hydrogen (secondary N) is 1. The molecule has 18 heavy (non-hydrogen) atoms. The summed E-state index contributed by atoms with van der Waals surface area (Å²) in [6.45, 7) is 1.79. The molecule has 0 aliphatic heterocycles. The summed E-state index contributed by atoms with van der Waals surface area (Å²) in [7, 11) is 0. The lowest BCUT2D eigenvalue weighted by Crippen LogP contribution is -2.24. The zero-order valence-electron chi connectivity index (χ0n) is 9.98. The van der Waals surface area contributed by atoms with E-state index < -0.39 is 0 Å². The van der Waals surface area contributed by atoms with Crippen molar-refractivity contribution in [1.29, 1.82) is 0 Å². The van der Waals surface area contributed by atoms with Crippen molar-refractivity contribution in [2.75, 3.05) is 5.32 Å². The number of amides is 1. The number of fused-ring (bicyclic) bond motifs is 1. The molecule has 0 saturated carbocycles. The minimum absolute atomic E-state index is 0.113. The second-order valence-electron chi connectivity index (χ2n) is 4.22. The van der Waals surface area contributed by atoms with Gasteiger partial charge in [0.1, 0.15) is 0 Å². The van der Waals surface area contributed by atoms with Gasteiger partial charge in [-0.15, -0.1) is 0 Å². The van der Waals surface area contributed by atoms with Gasteiger partial charge in [-0.1, -0.05) is 11.6 Å². The molecule has 4 nitrogen and oxygen atoms in total. The molecule has 0 radical (unpaired) electrons. The number of halogens is 1. The SMILES string of the molecule is CC(N)CC(=O)Nc1ccc(Cl)c2ncccc12. The number of rotatable bonds is 3. The number of benzene rings is 1. The molecule has 0 aliphatic carbocycles. The second kappa shape index (κ2) is 5.33. The van der Waals surface area contributed by atoms with Gasteiger partial charge in [-0.05, 0) is 31.2 Å². The van der Waals surface area contributed by atoms with Crippen LogP contribution < -0.4 is 11.1 Å². The van der Waals surface area contributed by atoms with Gasteiger partial charge in [0, 0.05) is 24.0 Å². The maximum absolute atomic E-state index is 11.7. The topological polar surface area (TPSA) is 68.0 Å². The number of carbonyl (C=O) groups excluding carboxylic acids is 1. The molecule has 94 valence electrons. The lowest BCUT2D eigenvalue weighted by atomic mass is 10.1. The predicted molar refractivity (Wildman–Crippen MR) is 73.6 cm³/mol. The van der Waals surface area contributed by atoms with Crippen molar-refractivity contribution in [1.82, 2.24) is 4.98 Å². The first kappa shape index (κ1) is 12.8. The Kier molecular flexibility index (Phi) is 3.79. The van der Waals surface area contributed by atoms with Gasteiger partial charge in [0.25, 0.3) is 0 Å². The fraction of sp³-hybridized carbons (Fsp3) is 0.231. The lowest BCUT2D eigenvalue weighted by Gasteiger charge is -2.10. The molecule has 1 amide bonds. The van der Waals surface area contributed by atoms with Crippen LogP contribution >= 0.6 is 11.6 Å². The zero-order chi connectivity index (χ0) is 13.1. The highest BCUT2D eigenvalue weighted by atomic mass is 35.5. The Morgan fingerprint density at radius 3 is 3.00 bits per heavy atom. The Morgan fingerprint density at radius 1 is 1.50 bits per heavy atom. The average molecular weight is 264 g/mol. The first-order valence-electron chi connectivity index (χ1n) is 5.66. The van der Waals surface area contributed by atoms with E-state index in [1.165, 1.54) is 0 Å². The molecule has 0 spiro atoms. The summed E-state index contributed by atoms with van der Waals surface area (Å²) >= 11 is 6.05. The summed E-state index contributed by atoms with van der Waals surface area (Å²) in [4.78, 5) is 15.9. The lowest BCUT2D eigenvalue weighted by molar-refractivity contribution is -0.116. The van der Waals surface area contributed by atoms with Crippen LogP contribution in [-0.4, -0.2) is 16.9 Å². The molecule has 1 unspecified atom stereocenters. The van der Waals surface area contributed by atoms with E-state index in [0.29, 0.717) is 16.2 Å². The number of nitrogens with two attached hydrogens (primary N) is 1. The van der Waals surface area contributed by atoms with Crippen LogP contribution in [0.3, 0.4) is 0 Å². The third-order valence-corrected chi connectivity index (χ3v) is 2.81. The first-order chi connectivity index (χ1) is 8.58. The Labute approximate surface area is 110 Å². The highest BCUT2D eigenvalue weighted by Crippen LogP contribution is 2.27. The standard InChI is InChI=1S/C13H14ClN3O/c1-8(15)7-12(18)17-11-5-4-10(14)13-9(11)3-2-6-16-13/h2-6,8H,7,15H2,1H3,(H,17,18). The van der Waals surface area contributed by atoms with Crippen LogP contribution in [0.2, 0.25) is 5.02 Å². The predicted octanol–water partition coefficient (Wildman–Crippen LogP) is 2.56. The van der Waals surface area contributed by atoms with Crippen LogP contribution in [0, 0.1) is 0 Å². The molecule has 2 aromatic rings. The van der Waals surface area contributed by atoms with Crippen LogP contribution in [0.4, 0.5) is 5.69 Å². The molecular formula is C13H14ClN3O. The van der Waals surface area contributed by atoms with Gasteiger partial charge >= 0.3 is 0 Å². The highest BCUT2D eigenvalue weighted by Gasteiger charge is 2.09. The first-order valence-corrected chi connectivity index (χ1v) is 6.04. The van der Waals surface area contributed by atoms with Crippen LogP contribution in [0.5, 0.6) is 0 Å². The molecule has 3 N–H and O–H groups in total. The van der Waals surface area contributed by atoms with Crippen molar-refractivity contribution < 1.29 is 4.79 Å². The Hall–Kier alpha value is -1.65. The number of hydrogen-bond acceptors (Lipinski definition) is 3. The van der Waals surface area contributed by atoms with Gasteiger partial charge in [0.2, 0.25) is 5.91 Å². The van der Waals surface area contributed by atoms with E-state index >= 15 is 0 Å². The number of pyridine rings is 1. The fourth-order valence-electron chi connectivity index (χ4n) is 1.74. The molecule has 1 aromatic heterocycles. The minimum Gasteiger partial charge on any atom is -0.327 e. The maximum atomic E-state index is 11.7. The molecule has 0 aliphatic rings. The van der Waals surface area contributed by atoms with Gasteiger partial charge in [-0.2, -0.15) is 0 Å². The fourth-order valence-corrected chi connectivity index (χ4v) is 1.95. The van der Waals surface area contributed by atoms with E-state index in [-0.39, 0.29) is 18.4 Å². The summed E-state index contributed by atoms with van der Waals surface area (Å²) in [6, 6.07) is 7.00. The molecule has 0 saturated heterocycles. The Bertz CT molecular complexity index is 583. The number of nitrogens with zero attached hydrogens (tertiary/aromatic N) is 1. The van der Waals surface area contributed by atoms with Gasteiger partial charge < -0.3 is 11.1 Å². The third-order valence-electron chi connectivity index (χ3n) is 2.50. The molecule has 1 atom stereocenters. The Balaban J connectivity index is 2.34. The number of hydrogen-bond donors (Lipinski definition) is 2. The van der Waals surface area contributed by atoms with Crippen molar-refractivity contribution in [3.05, 3.63) is 35.5 Å². The van der Waals surface area contributed by atoms with Crippen LogP contribution in [0.1, 0.15) is 13.3 Å². The molecule has 0 bridgehead atoms. The smallest absolute Gasteiger partial charge is 0.225 e. The van der Waals surface area contributed by atoms with Crippen molar-refractivity contribution in [3.63, 3.8) is 0 Å². The van der Waals surface area contributed by atoms with Crippen molar-refractivity contribution in [2.24, 2.45) is 5.73 Å². The second-order valence-corrected chi connectivity index (χ2v) is 4.63. The summed E-state index contributed by atoms with van der Waals surface area (Å²) in [5.74, 6) is -0.113. The van der Waals surface area contributed by atoms with Crippen molar-refractivity contribution >= 4 is 34.1 Å². The average Bonchev–Trinajstić information content (AvgIpc) is 2.32. The molecule has 0 fully saturated rings. The molecule has 2 rings (SSSR count). The highest BCUT2D eigenvalue weighted by molar-refractivity contribution is 6.35. The zero-order valence-corrected chi connectivity index (χ0v) is 10.7. The monoisotopic (exact) mass is 263 g/mol. The van der Waals surface area contributed by atoms with Crippen LogP contribution in [0.15, 0.2) is 30.5 Å². The van der Waals surface area contributed by atoms with Crippen LogP contribution in [-0.2, 0) is 4.79 Å². The maximum Gasteiger partial charge on any atom is 0.225 e. The summed E-state index contributed by atoms with van der Waals surface area (Å²) in [5, 5.41) is 4.21. The van der Waals surface area contributed by atoms with E-state index in [1.807, 2.05) is 6.07 Å². The van der Waals surface area contributed by atoms with Gasteiger partial charge in [0.15, 0.2) is 0 Å². The van der Waals surface area contributed by atoms with E-state index in [0.717, 1.165) is 5.39 Å². The van der Waals surface area contributed by atoms with E-state index in [1.54, 1.807) is 31.3 Å². The largest absolute Gasteiger partial charge is 0.327 e. The Morgan fingerprint density at radius 2 is 2.28 bits per heavy atom. The van der Waals surface area contributed by atoms with E-state index in [2.05, 4.69) is 10.3 Å². The van der Waals surface area contributed by atoms with Gasteiger partial charge in [-0.25, -0.2) is 0 Å². The number of carbonyl (C=O) groups is 1. The van der Waals surface area contributed by atoms with E-state index in [4.69, 9.17) is 17.3 Å².